The van der Waals surface area contributed by atoms with Gasteiger partial charge < -0.3 is 9.64 Å². The molecule has 2 aromatic heterocycles. The maximum Gasteiger partial charge on any atom is 0.246 e. The van der Waals surface area contributed by atoms with Crippen LogP contribution in [0.25, 0.3) is 6.08 Å². The van der Waals surface area contributed by atoms with Crippen LogP contribution in [0, 0.1) is 6.92 Å². The lowest BCUT2D eigenvalue weighted by molar-refractivity contribution is -0.130. The van der Waals surface area contributed by atoms with Crippen LogP contribution in [-0.4, -0.2) is 92.5 Å². The standard InChI is InChI=1S/C27H31ClFN9O2/c1-18-15-36(17-23-8-9-24(14-32-23)40-27(31-4)26(29)30-3)11-12-37(18)25(39)10-6-20-5-7-22(28)13-21(20)16-38-34-19(2)33-35-38/h5-10,13-14,18,26-27H,3-4,11-12,15-17H2,1-2H3/b10-6+/t18-,26?,27?/m1/s1. The Kier molecular flexibility index (Phi) is 9.67. The van der Waals surface area contributed by atoms with Crippen LogP contribution in [-0.2, 0) is 17.9 Å². The fourth-order valence-corrected chi connectivity index (χ4v) is 4.59. The number of amides is 1. The summed E-state index contributed by atoms with van der Waals surface area (Å²) in [6.07, 6.45) is 2.03. The molecule has 3 aromatic rings. The highest BCUT2D eigenvalue weighted by Crippen LogP contribution is 2.20. The summed E-state index contributed by atoms with van der Waals surface area (Å²) in [7, 11) is 0. The highest BCUT2D eigenvalue weighted by Gasteiger charge is 2.26. The van der Waals surface area contributed by atoms with Crippen LogP contribution < -0.4 is 4.74 Å². The third kappa shape index (κ3) is 7.54. The van der Waals surface area contributed by atoms with Crippen molar-refractivity contribution in [1.29, 1.82) is 0 Å². The van der Waals surface area contributed by atoms with E-state index in [4.69, 9.17) is 16.3 Å². The van der Waals surface area contributed by atoms with Gasteiger partial charge in [0.15, 0.2) is 5.82 Å². The van der Waals surface area contributed by atoms with Crippen LogP contribution in [0.2, 0.25) is 5.02 Å². The predicted molar refractivity (Wildman–Crippen MR) is 151 cm³/mol. The molecule has 0 saturated carbocycles. The van der Waals surface area contributed by atoms with Gasteiger partial charge in [0.05, 0.1) is 18.4 Å². The van der Waals surface area contributed by atoms with Crippen molar-refractivity contribution in [1.82, 2.24) is 35.0 Å². The Bertz CT molecular complexity index is 1360. The van der Waals surface area contributed by atoms with Gasteiger partial charge in [-0.2, -0.15) is 4.80 Å². The first-order valence-electron chi connectivity index (χ1n) is 12.7. The minimum absolute atomic E-state index is 0.00725. The zero-order valence-corrected chi connectivity index (χ0v) is 23.2. The summed E-state index contributed by atoms with van der Waals surface area (Å²) < 4.78 is 19.1. The van der Waals surface area contributed by atoms with Gasteiger partial charge in [0, 0.05) is 43.3 Å². The molecule has 0 bridgehead atoms. The quantitative estimate of drug-likeness (QED) is 0.198. The van der Waals surface area contributed by atoms with Gasteiger partial charge in [-0.1, -0.05) is 17.7 Å². The zero-order chi connectivity index (χ0) is 28.6. The van der Waals surface area contributed by atoms with Crippen molar-refractivity contribution >= 4 is 37.0 Å². The van der Waals surface area contributed by atoms with E-state index in [9.17, 15) is 9.18 Å². The van der Waals surface area contributed by atoms with Crippen molar-refractivity contribution in [2.75, 3.05) is 19.6 Å². The van der Waals surface area contributed by atoms with Gasteiger partial charge in [0.25, 0.3) is 0 Å². The summed E-state index contributed by atoms with van der Waals surface area (Å²) in [5.74, 6) is 0.879. The average Bonchev–Trinajstić information content (AvgIpc) is 3.35. The van der Waals surface area contributed by atoms with Crippen LogP contribution in [0.1, 0.15) is 29.6 Å². The molecule has 1 saturated heterocycles. The van der Waals surface area contributed by atoms with Crippen molar-refractivity contribution in [3.63, 3.8) is 0 Å². The lowest BCUT2D eigenvalue weighted by Crippen LogP contribution is -2.53. The highest BCUT2D eigenvalue weighted by molar-refractivity contribution is 6.30. The minimum atomic E-state index is -1.71. The molecule has 1 fully saturated rings. The third-order valence-corrected chi connectivity index (χ3v) is 6.63. The Balaban J connectivity index is 1.32. The highest BCUT2D eigenvalue weighted by atomic mass is 35.5. The van der Waals surface area contributed by atoms with Gasteiger partial charge in [-0.3, -0.25) is 24.7 Å². The Hall–Kier alpha value is -4.03. The number of rotatable bonds is 11. The summed E-state index contributed by atoms with van der Waals surface area (Å²) in [5, 5.41) is 12.7. The number of aliphatic imine (C=N–C) groups is 2. The first-order valence-corrected chi connectivity index (χ1v) is 13.0. The molecule has 1 amide bonds. The van der Waals surface area contributed by atoms with Crippen molar-refractivity contribution < 1.29 is 13.9 Å². The number of piperazine rings is 1. The smallest absolute Gasteiger partial charge is 0.246 e. The number of halogens is 2. The predicted octanol–water partition coefficient (Wildman–Crippen LogP) is 3.23. The molecule has 3 heterocycles. The van der Waals surface area contributed by atoms with Crippen LogP contribution >= 0.6 is 11.6 Å². The second kappa shape index (κ2) is 13.4. The molecule has 0 spiro atoms. The average molecular weight is 568 g/mol. The van der Waals surface area contributed by atoms with Crippen molar-refractivity contribution in [3.8, 4) is 5.75 Å². The first-order chi connectivity index (χ1) is 19.2. The Morgan fingerprint density at radius 1 is 1.25 bits per heavy atom. The molecule has 3 atom stereocenters. The van der Waals surface area contributed by atoms with Crippen molar-refractivity contribution in [3.05, 3.63) is 70.3 Å². The number of carbonyl (C=O) groups excluding carboxylic acids is 1. The molecule has 1 aliphatic rings. The van der Waals surface area contributed by atoms with Crippen LogP contribution in [0.15, 0.2) is 52.6 Å². The van der Waals surface area contributed by atoms with E-state index in [-0.39, 0.29) is 11.9 Å². The summed E-state index contributed by atoms with van der Waals surface area (Å²) in [5.41, 5.74) is 2.57. The third-order valence-electron chi connectivity index (χ3n) is 6.40. The number of pyridine rings is 1. The van der Waals surface area contributed by atoms with E-state index >= 15 is 0 Å². The molecular formula is C27H31ClFN9O2. The van der Waals surface area contributed by atoms with Gasteiger partial charge in [-0.25, -0.2) is 4.39 Å². The molecule has 210 valence electrons. The molecule has 13 heteroatoms. The molecule has 1 aromatic carbocycles. The second-order valence-corrected chi connectivity index (χ2v) is 9.83. The van der Waals surface area contributed by atoms with E-state index in [0.29, 0.717) is 49.3 Å². The maximum absolute atomic E-state index is 13.7. The van der Waals surface area contributed by atoms with E-state index in [2.05, 4.69) is 48.7 Å². The topological polar surface area (TPSA) is 114 Å². The SMILES string of the molecule is C=NC(F)C(N=C)Oc1ccc(CN2CCN(C(=O)/C=C/c3ccc(Cl)cc3Cn3nnc(C)n3)[C@H](C)C2)nc1. The largest absolute Gasteiger partial charge is 0.462 e. The number of tetrazole rings is 1. The lowest BCUT2D eigenvalue weighted by Gasteiger charge is -2.39. The first kappa shape index (κ1) is 29.0. The van der Waals surface area contributed by atoms with E-state index in [1.165, 1.54) is 11.0 Å². The number of hydrogen-bond donors (Lipinski definition) is 0. The molecule has 0 radical (unpaired) electrons. The van der Waals surface area contributed by atoms with Gasteiger partial charge in [-0.05, 0) is 74.0 Å². The number of aryl methyl sites for hydroxylation is 1. The fourth-order valence-electron chi connectivity index (χ4n) is 4.39. The summed E-state index contributed by atoms with van der Waals surface area (Å²) in [6, 6.07) is 9.02. The fraction of sp³-hybridized carbons (Fsp3) is 0.370. The van der Waals surface area contributed by atoms with Gasteiger partial charge in [0.1, 0.15) is 5.75 Å². The van der Waals surface area contributed by atoms with Crippen molar-refractivity contribution in [2.45, 2.75) is 45.5 Å². The van der Waals surface area contributed by atoms with Gasteiger partial charge >= 0.3 is 0 Å². The monoisotopic (exact) mass is 567 g/mol. The number of aromatic nitrogens is 5. The van der Waals surface area contributed by atoms with Crippen molar-refractivity contribution in [2.24, 2.45) is 9.98 Å². The molecule has 40 heavy (non-hydrogen) atoms. The molecule has 4 rings (SSSR count). The normalized spacial score (nSPS) is 17.5. The second-order valence-electron chi connectivity index (χ2n) is 9.39. The number of hydrogen-bond acceptors (Lipinski definition) is 9. The van der Waals surface area contributed by atoms with Gasteiger partial charge in [-0.15, -0.1) is 10.2 Å². The van der Waals surface area contributed by atoms with E-state index in [0.717, 1.165) is 16.8 Å². The lowest BCUT2D eigenvalue weighted by atomic mass is 10.1. The molecule has 11 nitrogen and oxygen atoms in total. The number of carbonyl (C=O) groups is 1. The summed E-state index contributed by atoms with van der Waals surface area (Å²) >= 11 is 6.21. The summed E-state index contributed by atoms with van der Waals surface area (Å²) in [6.45, 7) is 13.3. The van der Waals surface area contributed by atoms with E-state index in [1.54, 1.807) is 31.2 Å². The Morgan fingerprint density at radius 2 is 2.08 bits per heavy atom. The number of benzene rings is 1. The molecule has 0 N–H and O–H groups in total. The van der Waals surface area contributed by atoms with Crippen LogP contribution in [0.4, 0.5) is 4.39 Å². The van der Waals surface area contributed by atoms with E-state index < -0.39 is 12.5 Å². The van der Waals surface area contributed by atoms with E-state index in [1.807, 2.05) is 30.0 Å². The molecular weight excluding hydrogens is 537 g/mol. The van der Waals surface area contributed by atoms with Crippen LogP contribution in [0.5, 0.6) is 5.75 Å². The number of alkyl halides is 1. The Labute approximate surface area is 237 Å². The maximum atomic E-state index is 13.7. The molecule has 2 unspecified atom stereocenters. The summed E-state index contributed by atoms with van der Waals surface area (Å²) in [4.78, 5) is 30.0. The van der Waals surface area contributed by atoms with Crippen LogP contribution in [0.3, 0.4) is 0 Å². The zero-order valence-electron chi connectivity index (χ0n) is 22.4. The number of ether oxygens (including phenoxy) is 1. The Morgan fingerprint density at radius 3 is 2.73 bits per heavy atom. The molecule has 1 aliphatic heterocycles. The van der Waals surface area contributed by atoms with Gasteiger partial charge in [0.2, 0.25) is 18.4 Å². The minimum Gasteiger partial charge on any atom is -0.462 e. The number of nitrogens with zero attached hydrogens (tertiary/aromatic N) is 9. The molecule has 0 aliphatic carbocycles.